The van der Waals surface area contributed by atoms with Gasteiger partial charge in [-0.05, 0) is 25.3 Å². The largest absolute Gasteiger partial charge is 0.301 e. The minimum Gasteiger partial charge on any atom is -0.301 e. The van der Waals surface area contributed by atoms with E-state index in [9.17, 15) is 4.79 Å². The zero-order valence-electron chi connectivity index (χ0n) is 12.1. The van der Waals surface area contributed by atoms with Crippen LogP contribution in [0.5, 0.6) is 0 Å². The molecule has 0 saturated heterocycles. The summed E-state index contributed by atoms with van der Waals surface area (Å²) in [7, 11) is 0. The lowest BCUT2D eigenvalue weighted by Gasteiger charge is -2.14. The molecule has 1 aromatic heterocycles. The molecule has 0 spiro atoms. The predicted octanol–water partition coefficient (Wildman–Crippen LogP) is 4.15. The Balaban J connectivity index is 0.000000704. The summed E-state index contributed by atoms with van der Waals surface area (Å²) in [5.41, 5.74) is 0.789. The number of hydrogen-bond acceptors (Lipinski definition) is 3. The molecule has 3 rings (SSSR count). The van der Waals surface area contributed by atoms with Gasteiger partial charge in [-0.2, -0.15) is 0 Å². The van der Waals surface area contributed by atoms with Gasteiger partial charge in [0.25, 0.3) is 0 Å². The monoisotopic (exact) mass is 288 g/mol. The van der Waals surface area contributed by atoms with E-state index in [2.05, 4.69) is 10.3 Å². The Labute approximate surface area is 124 Å². The van der Waals surface area contributed by atoms with Crippen molar-refractivity contribution in [3.8, 4) is 0 Å². The maximum absolute atomic E-state index is 12.4. The predicted molar refractivity (Wildman–Crippen MR) is 84.2 cm³/mol. The van der Waals surface area contributed by atoms with Crippen molar-refractivity contribution in [2.24, 2.45) is 0 Å². The van der Waals surface area contributed by atoms with Gasteiger partial charge in [0.1, 0.15) is 0 Å². The summed E-state index contributed by atoms with van der Waals surface area (Å²) in [6.45, 7) is 5.98. The van der Waals surface area contributed by atoms with Crippen LogP contribution in [-0.2, 0) is 10.2 Å². The highest BCUT2D eigenvalue weighted by Crippen LogP contribution is 2.49. The standard InChI is InChI=1S/C14H14N2OS.C2H6/c1-10-9-15-13(18-10)16-12(17)14(7-8-14)11-5-3-2-4-6-11;1-2/h2-6,9H,7-8H2,1H3,(H,15,16,17);1-2H3. The number of rotatable bonds is 3. The molecule has 0 atom stereocenters. The molecule has 3 nitrogen and oxygen atoms in total. The molecule has 1 fully saturated rings. The zero-order valence-corrected chi connectivity index (χ0v) is 13.0. The van der Waals surface area contributed by atoms with Crippen molar-refractivity contribution in [2.45, 2.75) is 39.0 Å². The maximum atomic E-state index is 12.4. The van der Waals surface area contributed by atoms with Crippen LogP contribution in [0.15, 0.2) is 36.5 Å². The first-order valence-electron chi connectivity index (χ1n) is 7.00. The van der Waals surface area contributed by atoms with E-state index < -0.39 is 0 Å². The smallest absolute Gasteiger partial charge is 0.236 e. The van der Waals surface area contributed by atoms with E-state index in [0.29, 0.717) is 5.13 Å². The second-order valence-electron chi connectivity index (χ2n) is 4.68. The number of carbonyl (C=O) groups is 1. The first-order valence-corrected chi connectivity index (χ1v) is 7.82. The topological polar surface area (TPSA) is 42.0 Å². The summed E-state index contributed by atoms with van der Waals surface area (Å²) >= 11 is 1.51. The Morgan fingerprint density at radius 1 is 1.25 bits per heavy atom. The molecule has 20 heavy (non-hydrogen) atoms. The fourth-order valence-electron chi connectivity index (χ4n) is 2.16. The molecule has 1 N–H and O–H groups in total. The van der Waals surface area contributed by atoms with Gasteiger partial charge < -0.3 is 5.32 Å². The fraction of sp³-hybridized carbons (Fsp3) is 0.375. The lowest BCUT2D eigenvalue weighted by Crippen LogP contribution is -2.27. The van der Waals surface area contributed by atoms with E-state index in [1.165, 1.54) is 11.3 Å². The third kappa shape index (κ3) is 2.90. The summed E-state index contributed by atoms with van der Waals surface area (Å²) in [5, 5.41) is 3.63. The van der Waals surface area contributed by atoms with Gasteiger partial charge in [-0.15, -0.1) is 11.3 Å². The molecule has 106 valence electrons. The highest BCUT2D eigenvalue weighted by atomic mass is 32.1. The molecule has 0 radical (unpaired) electrons. The molecule has 0 bridgehead atoms. The Morgan fingerprint density at radius 2 is 1.90 bits per heavy atom. The molecular weight excluding hydrogens is 268 g/mol. The number of aromatic nitrogens is 1. The molecule has 1 saturated carbocycles. The van der Waals surface area contributed by atoms with Crippen LogP contribution in [0.4, 0.5) is 5.13 Å². The van der Waals surface area contributed by atoms with E-state index in [0.717, 1.165) is 23.3 Å². The van der Waals surface area contributed by atoms with E-state index in [1.807, 2.05) is 51.1 Å². The van der Waals surface area contributed by atoms with E-state index in [4.69, 9.17) is 0 Å². The summed E-state index contributed by atoms with van der Waals surface area (Å²) in [4.78, 5) is 17.6. The normalized spacial score (nSPS) is 14.9. The van der Waals surface area contributed by atoms with Crippen molar-refractivity contribution in [3.63, 3.8) is 0 Å². The quantitative estimate of drug-likeness (QED) is 0.922. The van der Waals surface area contributed by atoms with Gasteiger partial charge in [0.05, 0.1) is 5.41 Å². The van der Waals surface area contributed by atoms with Crippen molar-refractivity contribution < 1.29 is 4.79 Å². The minimum atomic E-state index is -0.319. The second-order valence-corrected chi connectivity index (χ2v) is 5.91. The summed E-state index contributed by atoms with van der Waals surface area (Å²) < 4.78 is 0. The number of anilines is 1. The first kappa shape index (κ1) is 14.7. The summed E-state index contributed by atoms with van der Waals surface area (Å²) in [5.74, 6) is 0.0723. The van der Waals surface area contributed by atoms with Gasteiger partial charge in [0.15, 0.2) is 5.13 Å². The van der Waals surface area contributed by atoms with E-state index in [1.54, 1.807) is 6.20 Å². The molecule has 2 aromatic rings. The third-order valence-corrected chi connectivity index (χ3v) is 4.18. The number of nitrogens with one attached hydrogen (secondary N) is 1. The molecule has 1 heterocycles. The lowest BCUT2D eigenvalue weighted by molar-refractivity contribution is -0.118. The molecule has 1 aliphatic rings. The van der Waals surface area contributed by atoms with Gasteiger partial charge in [0.2, 0.25) is 5.91 Å². The molecular formula is C16H20N2OS. The Hall–Kier alpha value is -1.68. The summed E-state index contributed by atoms with van der Waals surface area (Å²) in [6.07, 6.45) is 3.63. The number of amides is 1. The van der Waals surface area contributed by atoms with Gasteiger partial charge in [-0.3, -0.25) is 4.79 Å². The molecule has 0 aliphatic heterocycles. The van der Waals surface area contributed by atoms with Crippen molar-refractivity contribution >= 4 is 22.4 Å². The number of aryl methyl sites for hydroxylation is 1. The first-order chi connectivity index (χ1) is 9.71. The number of carbonyl (C=O) groups excluding carboxylic acids is 1. The van der Waals surface area contributed by atoms with Crippen molar-refractivity contribution in [3.05, 3.63) is 47.0 Å². The van der Waals surface area contributed by atoms with Crippen LogP contribution in [0.3, 0.4) is 0 Å². The molecule has 1 aromatic carbocycles. The Morgan fingerprint density at radius 3 is 2.40 bits per heavy atom. The average Bonchev–Trinajstić information content (AvgIpc) is 3.21. The van der Waals surface area contributed by atoms with Gasteiger partial charge in [-0.25, -0.2) is 4.98 Å². The lowest BCUT2D eigenvalue weighted by atomic mass is 9.95. The van der Waals surface area contributed by atoms with Crippen LogP contribution in [0.25, 0.3) is 0 Å². The molecule has 1 aliphatic carbocycles. The average molecular weight is 288 g/mol. The number of thiazole rings is 1. The van der Waals surface area contributed by atoms with Crippen LogP contribution in [0.1, 0.15) is 37.1 Å². The molecule has 0 unspecified atom stereocenters. The number of hydrogen-bond donors (Lipinski definition) is 1. The number of nitrogens with zero attached hydrogens (tertiary/aromatic N) is 1. The maximum Gasteiger partial charge on any atom is 0.236 e. The Kier molecular flexibility index (Phi) is 4.55. The zero-order chi connectivity index (χ0) is 14.6. The van der Waals surface area contributed by atoms with Crippen molar-refractivity contribution in [1.82, 2.24) is 4.98 Å². The van der Waals surface area contributed by atoms with Crippen LogP contribution in [-0.4, -0.2) is 10.9 Å². The van der Waals surface area contributed by atoms with Gasteiger partial charge in [-0.1, -0.05) is 44.2 Å². The second kappa shape index (κ2) is 6.18. The highest BCUT2D eigenvalue weighted by molar-refractivity contribution is 7.15. The van der Waals surface area contributed by atoms with Crippen LogP contribution >= 0.6 is 11.3 Å². The van der Waals surface area contributed by atoms with E-state index in [-0.39, 0.29) is 11.3 Å². The van der Waals surface area contributed by atoms with Crippen molar-refractivity contribution in [2.75, 3.05) is 5.32 Å². The van der Waals surface area contributed by atoms with Gasteiger partial charge >= 0.3 is 0 Å². The molecule has 4 heteroatoms. The minimum absolute atomic E-state index is 0.0723. The fourth-order valence-corrected chi connectivity index (χ4v) is 2.82. The van der Waals surface area contributed by atoms with Crippen LogP contribution in [0, 0.1) is 6.92 Å². The van der Waals surface area contributed by atoms with Crippen molar-refractivity contribution in [1.29, 1.82) is 0 Å². The SMILES string of the molecule is CC.Cc1cnc(NC(=O)C2(c3ccccc3)CC2)s1. The Bertz CT molecular complexity index is 573. The number of benzene rings is 1. The highest BCUT2D eigenvalue weighted by Gasteiger charge is 2.51. The third-order valence-electron chi connectivity index (χ3n) is 3.35. The molecule has 1 amide bonds. The van der Waals surface area contributed by atoms with Crippen LogP contribution < -0.4 is 5.32 Å². The van der Waals surface area contributed by atoms with Crippen LogP contribution in [0.2, 0.25) is 0 Å². The van der Waals surface area contributed by atoms with Gasteiger partial charge in [0, 0.05) is 11.1 Å². The summed E-state index contributed by atoms with van der Waals surface area (Å²) in [6, 6.07) is 9.99. The van der Waals surface area contributed by atoms with E-state index >= 15 is 0 Å².